The fourth-order valence-electron chi connectivity index (χ4n) is 5.51. The molecule has 38 heavy (non-hydrogen) atoms. The highest BCUT2D eigenvalue weighted by Crippen LogP contribution is 2.48. The number of para-hydroxylation sites is 1. The minimum atomic E-state index is 0.891. The average molecular weight is 504 g/mol. The number of pyridine rings is 1. The molecule has 0 aliphatic carbocycles. The van der Waals surface area contributed by atoms with Crippen LogP contribution in [0.1, 0.15) is 0 Å². The van der Waals surface area contributed by atoms with E-state index in [0.717, 1.165) is 43.8 Å². The van der Waals surface area contributed by atoms with E-state index in [1.54, 1.807) is 11.8 Å². The number of ether oxygens (including phenoxy) is 1. The van der Waals surface area contributed by atoms with Gasteiger partial charge in [-0.25, -0.2) is 4.98 Å². The van der Waals surface area contributed by atoms with E-state index >= 15 is 0 Å². The summed E-state index contributed by atoms with van der Waals surface area (Å²) in [5.41, 5.74) is 4.12. The Morgan fingerprint density at radius 3 is 1.71 bits per heavy atom. The van der Waals surface area contributed by atoms with Gasteiger partial charge in [-0.3, -0.25) is 0 Å². The van der Waals surface area contributed by atoms with Crippen molar-refractivity contribution in [2.75, 3.05) is 0 Å². The standard InChI is InChI=1S/C35H21NOS/c1-2-10-26-24(8-1)25-9-3-4-11-27(25)29-20-22(16-18-28(26)29)30-12-7-13-31(36-30)23-17-19-33-35(21-23)38-34-15-6-5-14-32(34)37-33/h1-21H. The van der Waals surface area contributed by atoms with Crippen molar-refractivity contribution in [2.24, 2.45) is 0 Å². The number of hydrogen-bond acceptors (Lipinski definition) is 3. The first-order chi connectivity index (χ1) is 18.8. The molecule has 0 radical (unpaired) electrons. The van der Waals surface area contributed by atoms with Crippen molar-refractivity contribution in [2.45, 2.75) is 9.79 Å². The molecule has 3 heteroatoms. The molecule has 0 saturated heterocycles. The van der Waals surface area contributed by atoms with Crippen molar-refractivity contribution in [3.63, 3.8) is 0 Å². The van der Waals surface area contributed by atoms with Gasteiger partial charge in [-0.1, -0.05) is 90.6 Å². The van der Waals surface area contributed by atoms with Gasteiger partial charge in [0.2, 0.25) is 0 Å². The molecule has 0 amide bonds. The molecule has 0 saturated carbocycles. The van der Waals surface area contributed by atoms with Gasteiger partial charge in [-0.15, -0.1) is 0 Å². The normalized spacial score (nSPS) is 12.3. The van der Waals surface area contributed by atoms with E-state index in [4.69, 9.17) is 9.72 Å². The highest BCUT2D eigenvalue weighted by atomic mass is 32.2. The van der Waals surface area contributed by atoms with Crippen LogP contribution in [0.25, 0.3) is 54.8 Å². The zero-order valence-corrected chi connectivity index (χ0v) is 21.2. The van der Waals surface area contributed by atoms with Crippen LogP contribution in [0, 0.1) is 0 Å². The predicted octanol–water partition coefficient (Wildman–Crippen LogP) is 10.1. The molecular weight excluding hydrogens is 482 g/mol. The Balaban J connectivity index is 1.24. The second-order valence-electron chi connectivity index (χ2n) is 9.57. The van der Waals surface area contributed by atoms with Gasteiger partial charge in [0.15, 0.2) is 0 Å². The highest BCUT2D eigenvalue weighted by Gasteiger charge is 2.18. The third-order valence-corrected chi connectivity index (χ3v) is 8.41. The SMILES string of the molecule is c1cc(-c2ccc3c(c2)Sc2ccccc2O3)nc(-c2ccc3c4ccccc4c4ccccc4c3c2)c1. The van der Waals surface area contributed by atoms with Crippen molar-refractivity contribution >= 4 is 44.1 Å². The predicted molar refractivity (Wildman–Crippen MR) is 158 cm³/mol. The van der Waals surface area contributed by atoms with Crippen LogP contribution in [0.3, 0.4) is 0 Å². The van der Waals surface area contributed by atoms with Crippen molar-refractivity contribution in [3.05, 3.63) is 127 Å². The molecule has 0 atom stereocenters. The Kier molecular flexibility index (Phi) is 4.79. The second kappa shape index (κ2) is 8.47. The smallest absolute Gasteiger partial charge is 0.141 e. The number of nitrogens with zero attached hydrogens (tertiary/aromatic N) is 1. The molecule has 2 heterocycles. The third kappa shape index (κ3) is 3.40. The van der Waals surface area contributed by atoms with Gasteiger partial charge < -0.3 is 4.74 Å². The number of rotatable bonds is 2. The highest BCUT2D eigenvalue weighted by molar-refractivity contribution is 7.99. The maximum absolute atomic E-state index is 6.13. The lowest BCUT2D eigenvalue weighted by molar-refractivity contribution is 0.454. The molecule has 0 N–H and O–H groups in total. The van der Waals surface area contributed by atoms with Crippen molar-refractivity contribution in [1.82, 2.24) is 4.98 Å². The topological polar surface area (TPSA) is 22.1 Å². The summed E-state index contributed by atoms with van der Waals surface area (Å²) in [4.78, 5) is 7.35. The molecular formula is C35H21NOS. The minimum absolute atomic E-state index is 0.891. The lowest BCUT2D eigenvalue weighted by atomic mass is 9.93. The summed E-state index contributed by atoms with van der Waals surface area (Å²) in [5, 5.41) is 7.65. The quantitative estimate of drug-likeness (QED) is 0.219. The Morgan fingerprint density at radius 2 is 0.974 bits per heavy atom. The maximum atomic E-state index is 6.13. The summed E-state index contributed by atoms with van der Waals surface area (Å²) in [7, 11) is 0. The molecule has 0 unspecified atom stereocenters. The van der Waals surface area contributed by atoms with Crippen molar-refractivity contribution < 1.29 is 4.74 Å². The van der Waals surface area contributed by atoms with Gasteiger partial charge in [0.1, 0.15) is 11.5 Å². The number of hydrogen-bond donors (Lipinski definition) is 0. The molecule has 1 aromatic heterocycles. The Labute approximate surface area is 224 Å². The van der Waals surface area contributed by atoms with Gasteiger partial charge in [0.05, 0.1) is 21.2 Å². The van der Waals surface area contributed by atoms with E-state index in [-0.39, 0.29) is 0 Å². The molecule has 2 nitrogen and oxygen atoms in total. The Bertz CT molecular complexity index is 2010. The van der Waals surface area contributed by atoms with Gasteiger partial charge in [-0.2, -0.15) is 0 Å². The fraction of sp³-hybridized carbons (Fsp3) is 0. The Morgan fingerprint density at radius 1 is 0.421 bits per heavy atom. The van der Waals surface area contributed by atoms with Crippen LogP contribution >= 0.6 is 11.8 Å². The van der Waals surface area contributed by atoms with Gasteiger partial charge in [-0.05, 0) is 80.8 Å². The molecule has 0 fully saturated rings. The summed E-state index contributed by atoms with van der Waals surface area (Å²) >= 11 is 1.74. The van der Waals surface area contributed by atoms with E-state index in [9.17, 15) is 0 Å². The monoisotopic (exact) mass is 503 g/mol. The largest absolute Gasteiger partial charge is 0.455 e. The zero-order valence-electron chi connectivity index (χ0n) is 20.4. The first kappa shape index (κ1) is 21.5. The van der Waals surface area contributed by atoms with E-state index < -0.39 is 0 Å². The molecule has 7 aromatic rings. The van der Waals surface area contributed by atoms with Crippen LogP contribution in [-0.4, -0.2) is 4.98 Å². The molecule has 0 bridgehead atoms. The van der Waals surface area contributed by atoms with Crippen molar-refractivity contribution in [1.29, 1.82) is 0 Å². The van der Waals surface area contributed by atoms with Crippen LogP contribution in [0.15, 0.2) is 137 Å². The second-order valence-corrected chi connectivity index (χ2v) is 10.7. The van der Waals surface area contributed by atoms with Crippen LogP contribution in [0.2, 0.25) is 0 Å². The Hall–Kier alpha value is -4.60. The summed E-state index contributed by atoms with van der Waals surface area (Å²) in [5.74, 6) is 1.80. The maximum Gasteiger partial charge on any atom is 0.141 e. The molecule has 1 aliphatic heterocycles. The van der Waals surface area contributed by atoms with E-state index in [1.807, 2.05) is 18.2 Å². The van der Waals surface area contributed by atoms with E-state index in [1.165, 1.54) is 32.3 Å². The molecule has 178 valence electrons. The summed E-state index contributed by atoms with van der Waals surface area (Å²) in [6, 6.07) is 44.9. The zero-order chi connectivity index (χ0) is 25.1. The fourth-order valence-corrected chi connectivity index (χ4v) is 6.50. The van der Waals surface area contributed by atoms with Crippen LogP contribution in [0.4, 0.5) is 0 Å². The first-order valence-corrected chi connectivity index (χ1v) is 13.5. The van der Waals surface area contributed by atoms with Gasteiger partial charge >= 0.3 is 0 Å². The number of fused-ring (bicyclic) bond motifs is 8. The van der Waals surface area contributed by atoms with Crippen molar-refractivity contribution in [3.8, 4) is 34.0 Å². The lowest BCUT2D eigenvalue weighted by Crippen LogP contribution is -1.95. The molecule has 6 aromatic carbocycles. The summed E-state index contributed by atoms with van der Waals surface area (Å²) in [6.45, 7) is 0. The number of aromatic nitrogens is 1. The molecule has 8 rings (SSSR count). The van der Waals surface area contributed by atoms with Gasteiger partial charge in [0, 0.05) is 11.1 Å². The average Bonchev–Trinajstić information content (AvgIpc) is 2.99. The first-order valence-electron chi connectivity index (χ1n) is 12.7. The van der Waals surface area contributed by atoms with Crippen LogP contribution in [-0.2, 0) is 0 Å². The minimum Gasteiger partial charge on any atom is -0.455 e. The van der Waals surface area contributed by atoms with E-state index in [0.29, 0.717) is 0 Å². The summed E-state index contributed by atoms with van der Waals surface area (Å²) < 4.78 is 6.13. The molecule has 0 spiro atoms. The van der Waals surface area contributed by atoms with Crippen LogP contribution < -0.4 is 4.74 Å². The third-order valence-electron chi connectivity index (χ3n) is 7.32. The van der Waals surface area contributed by atoms with Gasteiger partial charge in [0.25, 0.3) is 0 Å². The summed E-state index contributed by atoms with van der Waals surface area (Å²) in [6.07, 6.45) is 0. The van der Waals surface area contributed by atoms with E-state index in [2.05, 4.69) is 109 Å². The van der Waals surface area contributed by atoms with Crippen LogP contribution in [0.5, 0.6) is 11.5 Å². The molecule has 1 aliphatic rings. The number of benzene rings is 6. The lowest BCUT2D eigenvalue weighted by Gasteiger charge is -2.20.